The molecule has 0 fully saturated rings. The van der Waals surface area contributed by atoms with E-state index in [-0.39, 0.29) is 41.8 Å². The van der Waals surface area contributed by atoms with Gasteiger partial charge in [-0.05, 0) is 0 Å². The number of hydrogen-bond acceptors (Lipinski definition) is 8. The van der Waals surface area contributed by atoms with Crippen molar-refractivity contribution >= 4 is 136 Å². The molecule has 5 aliphatic heterocycles. The summed E-state index contributed by atoms with van der Waals surface area (Å²) in [5.41, 5.74) is 1.56. The van der Waals surface area contributed by atoms with Crippen LogP contribution in [0, 0.1) is 0 Å². The van der Waals surface area contributed by atoms with Gasteiger partial charge in [-0.2, -0.15) is 0 Å². The maximum absolute atomic E-state index is 2.53. The molecule has 0 nitrogen and oxygen atoms in total. The van der Waals surface area contributed by atoms with Gasteiger partial charge >= 0.3 is 212 Å². The quantitative estimate of drug-likeness (QED) is 0.279. The molecule has 0 unspecified atom stereocenters. The fourth-order valence-corrected chi connectivity index (χ4v) is 22.0. The first-order valence-corrected chi connectivity index (χ1v) is 20.0. The summed E-state index contributed by atoms with van der Waals surface area (Å²) in [5.74, 6) is 5.08. The van der Waals surface area contributed by atoms with E-state index in [4.69, 9.17) is 0 Å². The van der Waals surface area contributed by atoms with E-state index in [1.54, 1.807) is 22.5 Å². The van der Waals surface area contributed by atoms with Gasteiger partial charge in [0.15, 0.2) is 0 Å². The molecule has 0 saturated heterocycles. The van der Waals surface area contributed by atoms with Crippen LogP contribution < -0.4 is 0 Å². The van der Waals surface area contributed by atoms with Crippen molar-refractivity contribution in [1.29, 1.82) is 0 Å². The predicted octanol–water partition coefficient (Wildman–Crippen LogP) is 6.95. The van der Waals surface area contributed by atoms with Crippen molar-refractivity contribution in [1.82, 2.24) is 0 Å². The number of hydrogen-bond donors (Lipinski definition) is 0. The van der Waals surface area contributed by atoms with Crippen LogP contribution in [0.15, 0.2) is 53.1 Å². The van der Waals surface area contributed by atoms with Crippen molar-refractivity contribution < 1.29 is 0 Å². The molecule has 0 saturated carbocycles. The van der Waals surface area contributed by atoms with Gasteiger partial charge in [-0.15, -0.1) is 0 Å². The Morgan fingerprint density at radius 2 is 1.04 bits per heavy atom. The number of rotatable bonds is 2. The summed E-state index contributed by atoms with van der Waals surface area (Å²) in [5, 5.41) is 0. The van der Waals surface area contributed by atoms with Crippen molar-refractivity contribution in [2.45, 2.75) is 0 Å². The first kappa shape index (κ1) is 20.7. The van der Waals surface area contributed by atoms with Crippen LogP contribution in [0.25, 0.3) is 0 Å². The molecule has 5 aliphatic rings. The maximum atomic E-state index is 2.53. The summed E-state index contributed by atoms with van der Waals surface area (Å²) in [6, 6.07) is 0. The molecule has 0 spiro atoms. The van der Waals surface area contributed by atoms with Gasteiger partial charge in [-0.1, -0.05) is 0 Å². The fourth-order valence-electron chi connectivity index (χ4n) is 2.34. The Bertz CT molecular complexity index is 716. The summed E-state index contributed by atoms with van der Waals surface area (Å²) in [7, 11) is 0. The van der Waals surface area contributed by atoms with E-state index in [0.29, 0.717) is 0 Å². The molecule has 5 rings (SSSR count). The van der Waals surface area contributed by atoms with Crippen LogP contribution in [-0.2, 0) is 0 Å². The first-order chi connectivity index (χ1) is 12.8. The molecular weight excluding hydrogens is 704 g/mol. The zero-order chi connectivity index (χ0) is 17.3. The molecular formula is C16H12S8Te2. The van der Waals surface area contributed by atoms with E-state index in [0.717, 1.165) is 0 Å². The molecule has 0 N–H and O–H groups in total. The summed E-state index contributed by atoms with van der Waals surface area (Å²) in [4.78, 5) is 0. The number of thioether (sulfide) groups is 8. The van der Waals surface area contributed by atoms with Gasteiger partial charge in [0.2, 0.25) is 0 Å². The van der Waals surface area contributed by atoms with Crippen LogP contribution in [0.2, 0.25) is 0 Å². The summed E-state index contributed by atoms with van der Waals surface area (Å²) < 4.78 is 16.1. The summed E-state index contributed by atoms with van der Waals surface area (Å²) >= 11 is 16.2. The molecule has 136 valence electrons. The van der Waals surface area contributed by atoms with Gasteiger partial charge in [-0.25, -0.2) is 0 Å². The molecule has 0 aliphatic carbocycles. The minimum atomic E-state index is -0.0486. The summed E-state index contributed by atoms with van der Waals surface area (Å²) in [6.07, 6.45) is 5.05. The van der Waals surface area contributed by atoms with E-state index in [9.17, 15) is 0 Å². The van der Waals surface area contributed by atoms with E-state index in [1.807, 2.05) is 48.7 Å². The zero-order valence-electron chi connectivity index (χ0n) is 13.2. The second-order valence-corrected chi connectivity index (χ2v) is 23.0. The standard InChI is InChI=1S/C16H12S8Te2/c1-2-18-13-12(17-1)21-10(22-13)7-9(16-25-5-6-26-16)8-11-23-14-15(24-11)20-4-3-19-14/h5-8H,1-4H2. The molecule has 0 aromatic rings. The molecule has 0 aromatic heterocycles. The van der Waals surface area contributed by atoms with Crippen LogP contribution in [0.3, 0.4) is 0 Å². The summed E-state index contributed by atoms with van der Waals surface area (Å²) in [6.45, 7) is 0. The van der Waals surface area contributed by atoms with E-state index in [2.05, 4.69) is 67.4 Å². The third-order valence-electron chi connectivity index (χ3n) is 3.39. The third-order valence-corrected chi connectivity index (χ3v) is 24.2. The van der Waals surface area contributed by atoms with Crippen molar-refractivity contribution in [3.63, 3.8) is 0 Å². The number of allylic oxidation sites excluding steroid dienone is 3. The fraction of sp³-hybridized carbons (Fsp3) is 0.250. The van der Waals surface area contributed by atoms with Crippen LogP contribution in [0.4, 0.5) is 0 Å². The van der Waals surface area contributed by atoms with Crippen molar-refractivity contribution in [2.75, 3.05) is 23.0 Å². The van der Waals surface area contributed by atoms with E-state index in [1.165, 1.54) is 31.5 Å². The molecule has 26 heavy (non-hydrogen) atoms. The van der Waals surface area contributed by atoms with E-state index >= 15 is 0 Å². The molecule has 0 amide bonds. The average Bonchev–Trinajstić information content (AvgIpc) is 3.39. The Labute approximate surface area is 208 Å². The molecule has 0 bridgehead atoms. The van der Waals surface area contributed by atoms with Gasteiger partial charge in [-0.3, -0.25) is 0 Å². The van der Waals surface area contributed by atoms with E-state index < -0.39 is 0 Å². The molecule has 0 aromatic carbocycles. The van der Waals surface area contributed by atoms with Crippen molar-refractivity contribution in [3.05, 3.63) is 53.1 Å². The third kappa shape index (κ3) is 5.00. The molecule has 10 heteroatoms. The topological polar surface area (TPSA) is 0 Å². The minimum absolute atomic E-state index is 0.0486. The van der Waals surface area contributed by atoms with Gasteiger partial charge in [0.1, 0.15) is 0 Å². The molecule has 0 atom stereocenters. The zero-order valence-corrected chi connectivity index (χ0v) is 24.4. The monoisotopic (exact) mass is 720 g/mol. The Kier molecular flexibility index (Phi) is 7.93. The average molecular weight is 716 g/mol. The van der Waals surface area contributed by atoms with Gasteiger partial charge in [0.25, 0.3) is 0 Å². The second-order valence-electron chi connectivity index (χ2n) is 5.13. The molecule has 0 radical (unpaired) electrons. The second kappa shape index (κ2) is 9.96. The SMILES string of the molecule is C1=C[Te]C(=C(C=C2SC3=C(SCCS3)S2)C=C2SC3=C(SCCS3)S2)[Te]1. The van der Waals surface area contributed by atoms with Gasteiger partial charge in [0.05, 0.1) is 0 Å². The first-order valence-electron chi connectivity index (χ1n) is 7.72. The van der Waals surface area contributed by atoms with Crippen molar-refractivity contribution in [3.8, 4) is 0 Å². The van der Waals surface area contributed by atoms with Gasteiger partial charge in [0, 0.05) is 0 Å². The van der Waals surface area contributed by atoms with Crippen LogP contribution >= 0.6 is 94.1 Å². The Morgan fingerprint density at radius 1 is 0.654 bits per heavy atom. The predicted molar refractivity (Wildman–Crippen MR) is 138 cm³/mol. The van der Waals surface area contributed by atoms with Gasteiger partial charge < -0.3 is 0 Å². The Hall–Kier alpha value is 2.82. The Morgan fingerprint density at radius 3 is 1.42 bits per heavy atom. The molecule has 5 heterocycles. The van der Waals surface area contributed by atoms with Crippen molar-refractivity contribution in [2.24, 2.45) is 0 Å². The Balaban J connectivity index is 1.39. The van der Waals surface area contributed by atoms with Crippen LogP contribution in [0.1, 0.15) is 0 Å². The van der Waals surface area contributed by atoms with Crippen LogP contribution in [-0.4, -0.2) is 64.9 Å². The van der Waals surface area contributed by atoms with Crippen LogP contribution in [0.5, 0.6) is 0 Å². The normalized spacial score (nSPS) is 25.2.